The number of phenolic OH excluding ortho intramolecular Hbond substituents is 1. The van der Waals surface area contributed by atoms with E-state index < -0.39 is 22.8 Å². The molecule has 2 aromatic heterocycles. The molecule has 3 atom stereocenters. The number of ether oxygens (including phenoxy) is 2. The Balaban J connectivity index is 1.30. The highest BCUT2D eigenvalue weighted by atomic mass is 19.1. The standard InChI is InChI=1S/C37H40F2N6O5/c1-5-24-27(38)10-9-22-17-23(46)18-25(29(22)24)31-30(39)32-26(19-40-31)33(44-15-7-12-36(3,48)20-44)42-34(41-32)49-21-37-13-8-16-45(37)28(11-14-37)50-35(47)43(4)6-2/h1,9-10,17-19,28,46,48H,6-8,11-16,20-21H2,2-4H3/t28-,36+,37+/m0/s1. The monoisotopic (exact) mass is 686 g/mol. The second kappa shape index (κ2) is 12.8. The molecule has 50 heavy (non-hydrogen) atoms. The number of anilines is 1. The average molecular weight is 687 g/mol. The number of halogens is 2. The fraction of sp³-hybridized carbons (Fsp3) is 0.459. The Bertz CT molecular complexity index is 2040. The minimum atomic E-state index is -0.996. The molecule has 4 aromatic rings. The van der Waals surface area contributed by atoms with E-state index in [0.29, 0.717) is 48.9 Å². The Morgan fingerprint density at radius 1 is 1.18 bits per heavy atom. The zero-order valence-electron chi connectivity index (χ0n) is 28.4. The van der Waals surface area contributed by atoms with Crippen LogP contribution in [0.4, 0.5) is 19.4 Å². The first-order chi connectivity index (χ1) is 23.9. The van der Waals surface area contributed by atoms with E-state index in [0.717, 1.165) is 25.8 Å². The number of fused-ring (bicyclic) bond motifs is 3. The zero-order chi connectivity index (χ0) is 35.4. The van der Waals surface area contributed by atoms with E-state index in [1.807, 2.05) is 11.8 Å². The Morgan fingerprint density at radius 2 is 1.98 bits per heavy atom. The summed E-state index contributed by atoms with van der Waals surface area (Å²) >= 11 is 0. The molecule has 0 saturated carbocycles. The molecule has 0 unspecified atom stereocenters. The molecule has 3 fully saturated rings. The number of carbonyl (C=O) groups is 1. The summed E-state index contributed by atoms with van der Waals surface area (Å²) in [6.07, 6.45) is 10.8. The molecule has 3 aliphatic heterocycles. The number of aromatic hydroxyl groups is 1. The number of carbonyl (C=O) groups excluding carboxylic acids is 1. The van der Waals surface area contributed by atoms with Crippen LogP contribution in [0.15, 0.2) is 30.5 Å². The fourth-order valence-corrected chi connectivity index (χ4v) is 7.78. The zero-order valence-corrected chi connectivity index (χ0v) is 28.4. The number of nitrogens with zero attached hydrogens (tertiary/aromatic N) is 6. The summed E-state index contributed by atoms with van der Waals surface area (Å²) in [7, 11) is 1.70. The number of terminal acetylenes is 1. The first-order valence-corrected chi connectivity index (χ1v) is 17.0. The highest BCUT2D eigenvalue weighted by Crippen LogP contribution is 2.44. The van der Waals surface area contributed by atoms with Crippen LogP contribution >= 0.6 is 0 Å². The molecule has 0 spiro atoms. The van der Waals surface area contributed by atoms with Crippen molar-refractivity contribution in [2.45, 2.75) is 69.7 Å². The van der Waals surface area contributed by atoms with Gasteiger partial charge in [-0.2, -0.15) is 9.97 Å². The van der Waals surface area contributed by atoms with E-state index in [1.54, 1.807) is 14.0 Å². The van der Waals surface area contributed by atoms with Crippen LogP contribution in [-0.2, 0) is 4.74 Å². The number of rotatable bonds is 7. The number of pyridine rings is 1. The third-order valence-corrected chi connectivity index (χ3v) is 10.4. The Morgan fingerprint density at radius 3 is 2.74 bits per heavy atom. The summed E-state index contributed by atoms with van der Waals surface area (Å²) in [5.74, 6) is 1.06. The van der Waals surface area contributed by atoms with Crippen LogP contribution in [-0.4, -0.2) is 98.3 Å². The van der Waals surface area contributed by atoms with E-state index in [9.17, 15) is 19.4 Å². The predicted octanol–water partition coefficient (Wildman–Crippen LogP) is 5.58. The van der Waals surface area contributed by atoms with Crippen molar-refractivity contribution in [3.05, 3.63) is 47.7 Å². The summed E-state index contributed by atoms with van der Waals surface area (Å²) < 4.78 is 44.0. The normalized spacial score (nSPS) is 23.6. The van der Waals surface area contributed by atoms with Gasteiger partial charge in [0.05, 0.1) is 22.1 Å². The van der Waals surface area contributed by atoms with E-state index in [1.165, 1.54) is 35.4 Å². The van der Waals surface area contributed by atoms with Crippen molar-refractivity contribution in [1.82, 2.24) is 24.8 Å². The number of hydrogen-bond acceptors (Lipinski definition) is 10. The van der Waals surface area contributed by atoms with E-state index in [4.69, 9.17) is 20.9 Å². The maximum absolute atomic E-state index is 16.9. The Labute approximate surface area is 288 Å². The van der Waals surface area contributed by atoms with Gasteiger partial charge in [0.1, 0.15) is 35.2 Å². The van der Waals surface area contributed by atoms with Gasteiger partial charge < -0.3 is 29.5 Å². The number of amides is 1. The summed E-state index contributed by atoms with van der Waals surface area (Å²) in [6.45, 7) is 5.91. The number of β-amino-alcohol motifs (C(OH)–C–C–N with tert-alkyl or cyclic N) is 1. The first-order valence-electron chi connectivity index (χ1n) is 17.0. The second-order valence-electron chi connectivity index (χ2n) is 13.9. The van der Waals surface area contributed by atoms with Gasteiger partial charge in [0, 0.05) is 56.8 Å². The third-order valence-electron chi connectivity index (χ3n) is 10.4. The number of phenols is 1. The maximum Gasteiger partial charge on any atom is 0.411 e. The van der Waals surface area contributed by atoms with Gasteiger partial charge >= 0.3 is 12.1 Å². The Hall–Kier alpha value is -4.80. The second-order valence-corrected chi connectivity index (χ2v) is 13.9. The number of piperidine rings is 1. The van der Waals surface area contributed by atoms with E-state index in [-0.39, 0.29) is 65.0 Å². The summed E-state index contributed by atoms with van der Waals surface area (Å²) in [5.41, 5.74) is -1.65. The van der Waals surface area contributed by atoms with Gasteiger partial charge in [-0.25, -0.2) is 13.6 Å². The predicted molar refractivity (Wildman–Crippen MR) is 184 cm³/mol. The van der Waals surface area contributed by atoms with Gasteiger partial charge in [-0.1, -0.05) is 12.0 Å². The molecule has 1 amide bonds. The number of benzene rings is 2. The van der Waals surface area contributed by atoms with Gasteiger partial charge in [0.25, 0.3) is 0 Å². The smallest absolute Gasteiger partial charge is 0.411 e. The minimum Gasteiger partial charge on any atom is -0.508 e. The molecule has 3 saturated heterocycles. The van der Waals surface area contributed by atoms with Crippen LogP contribution in [0.2, 0.25) is 0 Å². The fourth-order valence-electron chi connectivity index (χ4n) is 7.78. The van der Waals surface area contributed by atoms with Crippen molar-refractivity contribution in [2.24, 2.45) is 0 Å². The van der Waals surface area contributed by atoms with Gasteiger partial charge in [0.15, 0.2) is 12.0 Å². The molecule has 2 N–H and O–H groups in total. The quantitative estimate of drug-likeness (QED) is 0.238. The van der Waals surface area contributed by atoms with Gasteiger partial charge in [-0.3, -0.25) is 9.88 Å². The molecule has 2 aromatic carbocycles. The van der Waals surface area contributed by atoms with Crippen molar-refractivity contribution < 1.29 is 33.3 Å². The lowest BCUT2D eigenvalue weighted by Gasteiger charge is -2.38. The summed E-state index contributed by atoms with van der Waals surface area (Å²) in [6, 6.07) is 5.33. The van der Waals surface area contributed by atoms with Gasteiger partial charge in [0.2, 0.25) is 0 Å². The SMILES string of the molecule is C#Cc1c(F)ccc2cc(O)cc(-c3ncc4c(N5CCC[C@@](C)(O)C5)nc(OC[C@]56CCCN5[C@@H](OC(=O)N(C)CC)CC6)nc4c3F)c12. The maximum atomic E-state index is 16.9. The molecule has 0 aliphatic carbocycles. The number of hydrogen-bond donors (Lipinski definition) is 2. The molecule has 5 heterocycles. The molecule has 262 valence electrons. The molecular formula is C37H40F2N6O5. The van der Waals surface area contributed by atoms with Crippen LogP contribution in [0.5, 0.6) is 11.8 Å². The van der Waals surface area contributed by atoms with E-state index >= 15 is 4.39 Å². The van der Waals surface area contributed by atoms with Gasteiger partial charge in [-0.15, -0.1) is 6.42 Å². The average Bonchev–Trinajstić information content (AvgIpc) is 3.66. The molecule has 13 heteroatoms. The summed E-state index contributed by atoms with van der Waals surface area (Å²) in [4.78, 5) is 31.9. The van der Waals surface area contributed by atoms with Crippen molar-refractivity contribution in [3.8, 4) is 35.4 Å². The lowest BCUT2D eigenvalue weighted by atomic mass is 9.94. The number of aromatic nitrogens is 3. The molecular weight excluding hydrogens is 646 g/mol. The topological polar surface area (TPSA) is 124 Å². The van der Waals surface area contributed by atoms with Crippen molar-refractivity contribution >= 4 is 33.6 Å². The lowest BCUT2D eigenvalue weighted by Crippen LogP contribution is -2.48. The molecule has 11 nitrogen and oxygen atoms in total. The minimum absolute atomic E-state index is 0.0581. The molecule has 0 radical (unpaired) electrons. The summed E-state index contributed by atoms with van der Waals surface area (Å²) in [5, 5.41) is 22.5. The van der Waals surface area contributed by atoms with Crippen LogP contribution in [0.3, 0.4) is 0 Å². The lowest BCUT2D eigenvalue weighted by molar-refractivity contribution is -0.0331. The largest absolute Gasteiger partial charge is 0.508 e. The molecule has 7 rings (SSSR count). The van der Waals surface area contributed by atoms with Gasteiger partial charge in [-0.05, 0) is 69.5 Å². The third kappa shape index (κ3) is 5.90. The van der Waals surface area contributed by atoms with Crippen LogP contribution in [0.1, 0.15) is 57.9 Å². The molecule has 0 bridgehead atoms. The van der Waals surface area contributed by atoms with Crippen molar-refractivity contribution in [3.63, 3.8) is 0 Å². The van der Waals surface area contributed by atoms with E-state index in [2.05, 4.69) is 20.8 Å². The van der Waals surface area contributed by atoms with Crippen LogP contribution in [0, 0.1) is 24.0 Å². The highest BCUT2D eigenvalue weighted by Gasteiger charge is 2.51. The van der Waals surface area contributed by atoms with Crippen molar-refractivity contribution in [2.75, 3.05) is 44.7 Å². The highest BCUT2D eigenvalue weighted by molar-refractivity contribution is 6.03. The van der Waals surface area contributed by atoms with Crippen molar-refractivity contribution in [1.29, 1.82) is 0 Å². The van der Waals surface area contributed by atoms with Crippen LogP contribution < -0.4 is 9.64 Å². The number of aliphatic hydroxyl groups is 1. The first kappa shape index (κ1) is 33.7. The van der Waals surface area contributed by atoms with Crippen LogP contribution in [0.25, 0.3) is 32.9 Å². The molecule has 3 aliphatic rings. The Kier molecular flexibility index (Phi) is 8.64.